The molecular formula is C17H19Cl2N3O2. The number of piperidine rings is 1. The van der Waals surface area contributed by atoms with Crippen molar-refractivity contribution in [3.8, 4) is 6.07 Å². The van der Waals surface area contributed by atoms with Crippen LogP contribution < -0.4 is 5.32 Å². The molecule has 1 heterocycles. The molecule has 0 bridgehead atoms. The number of halogens is 2. The van der Waals surface area contributed by atoms with Crippen LogP contribution in [0.2, 0.25) is 10.0 Å². The number of aliphatic hydroxyl groups excluding tert-OH is 1. The largest absolute Gasteiger partial charge is 0.396 e. The highest BCUT2D eigenvalue weighted by atomic mass is 35.5. The number of likely N-dealkylation sites (tertiary alicyclic amines) is 1. The lowest BCUT2D eigenvalue weighted by atomic mass is 10.00. The molecule has 1 amide bonds. The fourth-order valence-corrected chi connectivity index (χ4v) is 3.09. The minimum atomic E-state index is -0.532. The zero-order chi connectivity index (χ0) is 17.5. The third kappa shape index (κ3) is 4.64. The van der Waals surface area contributed by atoms with Gasteiger partial charge in [-0.2, -0.15) is 5.26 Å². The molecule has 7 heteroatoms. The van der Waals surface area contributed by atoms with E-state index in [0.29, 0.717) is 17.1 Å². The van der Waals surface area contributed by atoms with Gasteiger partial charge in [0, 0.05) is 25.4 Å². The number of carbonyl (C=O) groups is 1. The lowest BCUT2D eigenvalue weighted by molar-refractivity contribution is -0.112. The van der Waals surface area contributed by atoms with Crippen molar-refractivity contribution in [2.75, 3.05) is 18.5 Å². The van der Waals surface area contributed by atoms with Crippen molar-refractivity contribution in [3.05, 3.63) is 40.0 Å². The van der Waals surface area contributed by atoms with Crippen LogP contribution in [-0.2, 0) is 4.79 Å². The van der Waals surface area contributed by atoms with Crippen LogP contribution in [0, 0.1) is 11.3 Å². The Balaban J connectivity index is 2.15. The highest BCUT2D eigenvalue weighted by Crippen LogP contribution is 2.30. The molecule has 0 radical (unpaired) electrons. The van der Waals surface area contributed by atoms with Crippen molar-refractivity contribution in [3.63, 3.8) is 0 Å². The topological polar surface area (TPSA) is 76.4 Å². The molecule has 1 atom stereocenters. The molecule has 0 aliphatic carbocycles. The van der Waals surface area contributed by atoms with Gasteiger partial charge in [0.05, 0.1) is 15.7 Å². The number of nitrogens with zero attached hydrogens (tertiary/aromatic N) is 2. The number of hydrogen-bond acceptors (Lipinski definition) is 4. The molecule has 24 heavy (non-hydrogen) atoms. The predicted octanol–water partition coefficient (Wildman–Crippen LogP) is 3.58. The van der Waals surface area contributed by atoms with Crippen molar-refractivity contribution < 1.29 is 9.90 Å². The smallest absolute Gasteiger partial charge is 0.267 e. The van der Waals surface area contributed by atoms with Crippen LogP contribution in [0.4, 0.5) is 5.69 Å². The fraction of sp³-hybridized carbons (Fsp3) is 0.412. The van der Waals surface area contributed by atoms with Gasteiger partial charge in [0.15, 0.2) is 0 Å². The summed E-state index contributed by atoms with van der Waals surface area (Å²) in [7, 11) is 0. The summed E-state index contributed by atoms with van der Waals surface area (Å²) in [6.07, 6.45) is 5.22. The molecule has 1 aromatic carbocycles. The fourth-order valence-electron chi connectivity index (χ4n) is 2.75. The molecule has 1 aliphatic rings. The van der Waals surface area contributed by atoms with Gasteiger partial charge in [0.25, 0.3) is 5.91 Å². The number of hydrogen-bond donors (Lipinski definition) is 2. The van der Waals surface area contributed by atoms with E-state index in [1.54, 1.807) is 24.4 Å². The number of nitrogens with one attached hydrogen (secondary N) is 1. The molecule has 0 spiro atoms. The zero-order valence-electron chi connectivity index (χ0n) is 13.1. The Kier molecular flexibility index (Phi) is 6.92. The van der Waals surface area contributed by atoms with E-state index in [9.17, 15) is 10.1 Å². The highest BCUT2D eigenvalue weighted by Gasteiger charge is 2.21. The second kappa shape index (κ2) is 8.93. The van der Waals surface area contributed by atoms with Gasteiger partial charge < -0.3 is 15.3 Å². The average Bonchev–Trinajstić information content (AvgIpc) is 2.58. The molecular weight excluding hydrogens is 349 g/mol. The van der Waals surface area contributed by atoms with Gasteiger partial charge in [-0.3, -0.25) is 4.79 Å². The number of nitriles is 1. The highest BCUT2D eigenvalue weighted by molar-refractivity contribution is 6.44. The molecule has 1 saturated heterocycles. The van der Waals surface area contributed by atoms with E-state index < -0.39 is 5.91 Å². The molecule has 1 unspecified atom stereocenters. The number of carbonyl (C=O) groups excluding carboxylic acids is 1. The van der Waals surface area contributed by atoms with Crippen LogP contribution in [-0.4, -0.2) is 35.1 Å². The Hall–Kier alpha value is -1.74. The van der Waals surface area contributed by atoms with Crippen LogP contribution in [0.25, 0.3) is 0 Å². The number of rotatable bonds is 5. The molecule has 1 aliphatic heterocycles. The van der Waals surface area contributed by atoms with Crippen molar-refractivity contribution in [1.29, 1.82) is 5.26 Å². The van der Waals surface area contributed by atoms with Crippen LogP contribution in [0.3, 0.4) is 0 Å². The third-order valence-corrected chi connectivity index (χ3v) is 4.81. The van der Waals surface area contributed by atoms with Gasteiger partial charge in [-0.05, 0) is 37.8 Å². The molecule has 2 rings (SSSR count). The summed E-state index contributed by atoms with van der Waals surface area (Å²) < 4.78 is 0. The maximum absolute atomic E-state index is 12.4. The first-order chi connectivity index (χ1) is 11.6. The first kappa shape index (κ1) is 18.6. The number of anilines is 1. The Morgan fingerprint density at radius 2 is 2.25 bits per heavy atom. The van der Waals surface area contributed by atoms with E-state index in [1.165, 1.54) is 0 Å². The Morgan fingerprint density at radius 1 is 1.46 bits per heavy atom. The van der Waals surface area contributed by atoms with Crippen molar-refractivity contribution >= 4 is 34.8 Å². The normalized spacial score (nSPS) is 18.2. The van der Waals surface area contributed by atoms with E-state index in [2.05, 4.69) is 5.32 Å². The quantitative estimate of drug-likeness (QED) is 0.615. The minimum Gasteiger partial charge on any atom is -0.396 e. The maximum atomic E-state index is 12.4. The first-order valence-corrected chi connectivity index (χ1v) is 8.56. The van der Waals surface area contributed by atoms with Crippen molar-refractivity contribution in [2.45, 2.75) is 31.7 Å². The number of aliphatic hydroxyl groups is 1. The second-order valence-corrected chi connectivity index (χ2v) is 6.39. The minimum absolute atomic E-state index is 0.00381. The maximum Gasteiger partial charge on any atom is 0.267 e. The molecule has 1 aromatic rings. The molecule has 128 valence electrons. The van der Waals surface area contributed by atoms with E-state index >= 15 is 0 Å². The SMILES string of the molecule is N#C/C(=C/N1CCCCC1CCO)C(=O)Nc1cccc(Cl)c1Cl. The molecule has 5 nitrogen and oxygen atoms in total. The Morgan fingerprint density at radius 3 is 2.96 bits per heavy atom. The standard InChI is InChI=1S/C17H19Cl2N3O2/c18-14-5-3-6-15(16(14)19)21-17(24)12(10-20)11-22-8-2-1-4-13(22)7-9-23/h3,5-6,11,13,23H,1-2,4,7-9H2,(H,21,24)/b12-11-. The molecule has 0 saturated carbocycles. The first-order valence-electron chi connectivity index (χ1n) is 7.80. The van der Waals surface area contributed by atoms with E-state index in [1.807, 2.05) is 11.0 Å². The molecule has 2 N–H and O–H groups in total. The zero-order valence-corrected chi connectivity index (χ0v) is 14.6. The average molecular weight is 368 g/mol. The van der Waals surface area contributed by atoms with Crippen LogP contribution in [0.5, 0.6) is 0 Å². The monoisotopic (exact) mass is 367 g/mol. The van der Waals surface area contributed by atoms with Gasteiger partial charge in [-0.1, -0.05) is 29.3 Å². The van der Waals surface area contributed by atoms with Gasteiger partial charge in [-0.25, -0.2) is 0 Å². The number of benzene rings is 1. The summed E-state index contributed by atoms with van der Waals surface area (Å²) in [6.45, 7) is 0.849. The number of amides is 1. The lowest BCUT2D eigenvalue weighted by Crippen LogP contribution is -2.37. The summed E-state index contributed by atoms with van der Waals surface area (Å²) in [5.41, 5.74) is 0.358. The van der Waals surface area contributed by atoms with Gasteiger partial charge in [0.1, 0.15) is 11.6 Å². The summed E-state index contributed by atoms with van der Waals surface area (Å²) in [5, 5.41) is 21.7. The van der Waals surface area contributed by atoms with Gasteiger partial charge in [-0.15, -0.1) is 0 Å². The lowest BCUT2D eigenvalue weighted by Gasteiger charge is -2.34. The van der Waals surface area contributed by atoms with E-state index in [4.69, 9.17) is 28.3 Å². The predicted molar refractivity (Wildman–Crippen MR) is 94.8 cm³/mol. The van der Waals surface area contributed by atoms with Crippen LogP contribution >= 0.6 is 23.2 Å². The third-order valence-electron chi connectivity index (χ3n) is 3.99. The summed E-state index contributed by atoms with van der Waals surface area (Å²) >= 11 is 12.0. The Labute approximate surface area is 151 Å². The second-order valence-electron chi connectivity index (χ2n) is 5.61. The summed E-state index contributed by atoms with van der Waals surface area (Å²) in [6, 6.07) is 6.99. The van der Waals surface area contributed by atoms with Crippen LogP contribution in [0.15, 0.2) is 30.0 Å². The van der Waals surface area contributed by atoms with Crippen LogP contribution in [0.1, 0.15) is 25.7 Å². The molecule has 0 aromatic heterocycles. The van der Waals surface area contributed by atoms with Crippen molar-refractivity contribution in [1.82, 2.24) is 4.90 Å². The van der Waals surface area contributed by atoms with E-state index in [-0.39, 0.29) is 23.2 Å². The van der Waals surface area contributed by atoms with E-state index in [0.717, 1.165) is 25.8 Å². The summed E-state index contributed by atoms with van der Waals surface area (Å²) in [5.74, 6) is -0.532. The molecule has 1 fully saturated rings. The van der Waals surface area contributed by atoms with Gasteiger partial charge in [0.2, 0.25) is 0 Å². The van der Waals surface area contributed by atoms with Gasteiger partial charge >= 0.3 is 0 Å². The summed E-state index contributed by atoms with van der Waals surface area (Å²) in [4.78, 5) is 14.3. The van der Waals surface area contributed by atoms with Crippen molar-refractivity contribution in [2.24, 2.45) is 0 Å². The Bertz CT molecular complexity index is 668.